The van der Waals surface area contributed by atoms with Gasteiger partial charge in [0.05, 0.1) is 12.5 Å². The van der Waals surface area contributed by atoms with E-state index in [2.05, 4.69) is 34.5 Å². The highest BCUT2D eigenvalue weighted by molar-refractivity contribution is 5.91. The van der Waals surface area contributed by atoms with E-state index in [-0.39, 0.29) is 17.9 Å². The first-order valence-corrected chi connectivity index (χ1v) is 10.00. The number of carboxylic acids is 1. The molecule has 2 heterocycles. The third-order valence-electron chi connectivity index (χ3n) is 5.89. The highest BCUT2D eigenvalue weighted by atomic mass is 16.4. The van der Waals surface area contributed by atoms with E-state index in [1.807, 2.05) is 6.07 Å². The lowest BCUT2D eigenvalue weighted by atomic mass is 9.86. The number of rotatable bonds is 5. The van der Waals surface area contributed by atoms with Gasteiger partial charge in [0.15, 0.2) is 5.76 Å². The second-order valence-corrected chi connectivity index (χ2v) is 7.86. The average molecular weight is 382 g/mol. The van der Waals surface area contributed by atoms with Gasteiger partial charge in [0.2, 0.25) is 0 Å². The topological polar surface area (TPSA) is 82.8 Å². The molecule has 1 aromatic carbocycles. The largest absolute Gasteiger partial charge is 0.481 e. The molecule has 1 aliphatic heterocycles. The zero-order valence-corrected chi connectivity index (χ0v) is 15.9. The maximum atomic E-state index is 12.5. The van der Waals surface area contributed by atoms with Crippen molar-refractivity contribution in [1.82, 2.24) is 10.2 Å². The van der Waals surface area contributed by atoms with E-state index in [0.717, 1.165) is 25.3 Å². The van der Waals surface area contributed by atoms with E-state index in [1.165, 1.54) is 11.1 Å². The SMILES string of the molecule is O=C(NC1CCC(C(=O)O)CC1)c1ccc(CN2CCc3ccccc3C2)o1. The summed E-state index contributed by atoms with van der Waals surface area (Å²) in [6.45, 7) is 2.56. The third kappa shape index (κ3) is 4.28. The molecule has 2 N–H and O–H groups in total. The van der Waals surface area contributed by atoms with Crippen LogP contribution in [0.4, 0.5) is 0 Å². The number of nitrogens with one attached hydrogen (secondary N) is 1. The molecule has 0 unspecified atom stereocenters. The van der Waals surface area contributed by atoms with Gasteiger partial charge in [0.1, 0.15) is 5.76 Å². The summed E-state index contributed by atoms with van der Waals surface area (Å²) in [6, 6.07) is 12.1. The van der Waals surface area contributed by atoms with Gasteiger partial charge in [-0.25, -0.2) is 0 Å². The number of carbonyl (C=O) groups is 2. The fourth-order valence-electron chi connectivity index (χ4n) is 4.24. The van der Waals surface area contributed by atoms with Crippen LogP contribution in [0.1, 0.15) is 53.1 Å². The Morgan fingerprint density at radius 2 is 1.82 bits per heavy atom. The lowest BCUT2D eigenvalue weighted by Crippen LogP contribution is -2.38. The number of furan rings is 1. The number of fused-ring (bicyclic) bond motifs is 1. The van der Waals surface area contributed by atoms with Crippen molar-refractivity contribution < 1.29 is 19.1 Å². The van der Waals surface area contributed by atoms with E-state index in [9.17, 15) is 9.59 Å². The number of nitrogens with zero attached hydrogens (tertiary/aromatic N) is 1. The van der Waals surface area contributed by atoms with E-state index in [0.29, 0.717) is 38.0 Å². The minimum atomic E-state index is -0.735. The molecule has 6 heteroatoms. The Hall–Kier alpha value is -2.60. The number of aliphatic carboxylic acids is 1. The molecular formula is C22H26N2O4. The Labute approximate surface area is 164 Å². The first-order valence-electron chi connectivity index (χ1n) is 10.00. The van der Waals surface area contributed by atoms with Gasteiger partial charge in [-0.2, -0.15) is 0 Å². The van der Waals surface area contributed by atoms with Gasteiger partial charge in [-0.05, 0) is 55.4 Å². The number of hydrogen-bond acceptors (Lipinski definition) is 4. The quantitative estimate of drug-likeness (QED) is 0.830. The minimum absolute atomic E-state index is 0.0234. The van der Waals surface area contributed by atoms with Crippen molar-refractivity contribution in [1.29, 1.82) is 0 Å². The number of amides is 1. The summed E-state index contributed by atoms with van der Waals surface area (Å²) >= 11 is 0. The molecule has 2 aromatic rings. The van der Waals surface area contributed by atoms with Crippen LogP contribution in [0.15, 0.2) is 40.8 Å². The molecule has 1 aromatic heterocycles. The number of benzene rings is 1. The van der Waals surface area contributed by atoms with Crippen molar-refractivity contribution in [2.75, 3.05) is 6.54 Å². The van der Waals surface area contributed by atoms with E-state index in [4.69, 9.17) is 9.52 Å². The van der Waals surface area contributed by atoms with E-state index in [1.54, 1.807) is 6.07 Å². The van der Waals surface area contributed by atoms with Crippen LogP contribution in [0.5, 0.6) is 0 Å². The second-order valence-electron chi connectivity index (χ2n) is 7.86. The Morgan fingerprint density at radius 3 is 2.57 bits per heavy atom. The monoisotopic (exact) mass is 382 g/mol. The van der Waals surface area contributed by atoms with Gasteiger partial charge in [-0.3, -0.25) is 14.5 Å². The van der Waals surface area contributed by atoms with E-state index < -0.39 is 5.97 Å². The predicted octanol–water partition coefficient (Wildman–Crippen LogP) is 3.21. The Bertz CT molecular complexity index is 852. The standard InChI is InChI=1S/C22H26N2O4/c25-21(23-18-7-5-16(6-8-18)22(26)27)20-10-9-19(28-20)14-24-12-11-15-3-1-2-4-17(15)13-24/h1-4,9-10,16,18H,5-8,11-14H2,(H,23,25)(H,26,27). The molecule has 0 radical (unpaired) electrons. The van der Waals surface area contributed by atoms with Crippen LogP contribution in [-0.2, 0) is 24.3 Å². The Balaban J connectivity index is 1.30. The number of carbonyl (C=O) groups excluding carboxylic acids is 1. The molecule has 148 valence electrons. The van der Waals surface area contributed by atoms with Gasteiger partial charge < -0.3 is 14.8 Å². The molecule has 28 heavy (non-hydrogen) atoms. The van der Waals surface area contributed by atoms with Crippen molar-refractivity contribution in [3.63, 3.8) is 0 Å². The average Bonchev–Trinajstić information content (AvgIpc) is 3.17. The van der Waals surface area contributed by atoms with Crippen LogP contribution in [0.25, 0.3) is 0 Å². The summed E-state index contributed by atoms with van der Waals surface area (Å²) in [5.74, 6) is -0.111. The second kappa shape index (κ2) is 8.19. The molecule has 0 saturated heterocycles. The van der Waals surface area contributed by atoms with Crippen LogP contribution in [-0.4, -0.2) is 34.5 Å². The molecule has 1 saturated carbocycles. The van der Waals surface area contributed by atoms with Crippen LogP contribution < -0.4 is 5.32 Å². The highest BCUT2D eigenvalue weighted by Gasteiger charge is 2.27. The molecule has 6 nitrogen and oxygen atoms in total. The van der Waals surface area contributed by atoms with Gasteiger partial charge in [0, 0.05) is 19.1 Å². The van der Waals surface area contributed by atoms with Crippen molar-refractivity contribution in [2.24, 2.45) is 5.92 Å². The lowest BCUT2D eigenvalue weighted by Gasteiger charge is -2.27. The highest BCUT2D eigenvalue weighted by Crippen LogP contribution is 2.25. The molecule has 0 atom stereocenters. The van der Waals surface area contributed by atoms with Gasteiger partial charge >= 0.3 is 5.97 Å². The van der Waals surface area contributed by atoms with Crippen LogP contribution in [0.3, 0.4) is 0 Å². The van der Waals surface area contributed by atoms with Crippen molar-refractivity contribution in [3.8, 4) is 0 Å². The Kier molecular flexibility index (Phi) is 5.48. The summed E-state index contributed by atoms with van der Waals surface area (Å²) in [6.07, 6.45) is 3.65. The summed E-state index contributed by atoms with van der Waals surface area (Å²) in [4.78, 5) is 25.8. The molecule has 1 amide bonds. The zero-order valence-electron chi connectivity index (χ0n) is 15.9. The minimum Gasteiger partial charge on any atom is -0.481 e. The van der Waals surface area contributed by atoms with Gasteiger partial charge in [-0.1, -0.05) is 24.3 Å². The Morgan fingerprint density at radius 1 is 1.07 bits per heavy atom. The van der Waals surface area contributed by atoms with Crippen LogP contribution >= 0.6 is 0 Å². The lowest BCUT2D eigenvalue weighted by molar-refractivity contribution is -0.142. The summed E-state index contributed by atoms with van der Waals surface area (Å²) in [7, 11) is 0. The molecule has 2 aliphatic rings. The molecular weight excluding hydrogens is 356 g/mol. The van der Waals surface area contributed by atoms with Gasteiger partial charge in [0.25, 0.3) is 5.91 Å². The smallest absolute Gasteiger partial charge is 0.306 e. The summed E-state index contributed by atoms with van der Waals surface area (Å²) in [5.41, 5.74) is 2.77. The first kappa shape index (κ1) is 18.7. The summed E-state index contributed by atoms with van der Waals surface area (Å²) < 4.78 is 5.79. The predicted molar refractivity (Wildman–Crippen MR) is 104 cm³/mol. The molecule has 4 rings (SSSR count). The normalized spacial score (nSPS) is 22.4. The third-order valence-corrected chi connectivity index (χ3v) is 5.89. The molecule has 0 bridgehead atoms. The molecule has 0 spiro atoms. The molecule has 1 aliphatic carbocycles. The number of carboxylic acid groups (broad SMARTS) is 1. The molecule has 1 fully saturated rings. The summed E-state index contributed by atoms with van der Waals surface area (Å²) in [5, 5.41) is 12.1. The van der Waals surface area contributed by atoms with Gasteiger partial charge in [-0.15, -0.1) is 0 Å². The maximum absolute atomic E-state index is 12.5. The first-order chi connectivity index (χ1) is 13.6. The van der Waals surface area contributed by atoms with Crippen molar-refractivity contribution >= 4 is 11.9 Å². The maximum Gasteiger partial charge on any atom is 0.306 e. The number of hydrogen-bond donors (Lipinski definition) is 2. The van der Waals surface area contributed by atoms with Crippen molar-refractivity contribution in [2.45, 2.75) is 51.2 Å². The van der Waals surface area contributed by atoms with Crippen LogP contribution in [0, 0.1) is 5.92 Å². The zero-order chi connectivity index (χ0) is 19.5. The van der Waals surface area contributed by atoms with E-state index >= 15 is 0 Å². The fraction of sp³-hybridized carbons (Fsp3) is 0.455. The fourth-order valence-corrected chi connectivity index (χ4v) is 4.24. The van der Waals surface area contributed by atoms with Crippen LogP contribution in [0.2, 0.25) is 0 Å². The van der Waals surface area contributed by atoms with Crippen molar-refractivity contribution in [3.05, 3.63) is 59.0 Å².